The first-order chi connectivity index (χ1) is 13.0. The average molecular weight is 364 g/mol. The van der Waals surface area contributed by atoms with Crippen molar-refractivity contribution >= 4 is 11.6 Å². The van der Waals surface area contributed by atoms with E-state index in [2.05, 4.69) is 15.3 Å². The fourth-order valence-electron chi connectivity index (χ4n) is 2.46. The number of nitrogens with one attached hydrogen (secondary N) is 1. The minimum Gasteiger partial charge on any atom is -0.491 e. The van der Waals surface area contributed by atoms with Crippen LogP contribution in [0.25, 0.3) is 11.3 Å². The Hall–Kier alpha value is -3.28. The molecule has 140 valence electrons. The lowest BCUT2D eigenvalue weighted by Gasteiger charge is -2.10. The number of hydrogen-bond donors (Lipinski definition) is 2. The van der Waals surface area contributed by atoms with Crippen molar-refractivity contribution in [2.45, 2.75) is 33.4 Å². The first kappa shape index (κ1) is 18.5. The van der Waals surface area contributed by atoms with Crippen LogP contribution in [-0.4, -0.2) is 17.0 Å². The fraction of sp³-hybridized carbons (Fsp3) is 0.238. The predicted octanol–water partition coefficient (Wildman–Crippen LogP) is 4.36. The third kappa shape index (κ3) is 5.34. The minimum atomic E-state index is 0.140. The van der Waals surface area contributed by atoms with Crippen molar-refractivity contribution in [3.63, 3.8) is 0 Å². The van der Waals surface area contributed by atoms with Gasteiger partial charge >= 0.3 is 0 Å². The maximum Gasteiger partial charge on any atom is 0.216 e. The molecule has 0 saturated carbocycles. The second kappa shape index (κ2) is 8.40. The number of ether oxygens (including phenoxy) is 1. The summed E-state index contributed by atoms with van der Waals surface area (Å²) in [6.07, 6.45) is 1.84. The maximum atomic E-state index is 5.95. The minimum absolute atomic E-state index is 0.140. The number of hydrogen-bond acceptors (Lipinski definition) is 4. The lowest BCUT2D eigenvalue weighted by atomic mass is 10.1. The van der Waals surface area contributed by atoms with E-state index >= 15 is 0 Å². The van der Waals surface area contributed by atoms with Gasteiger partial charge in [-0.2, -0.15) is 0 Å². The highest BCUT2D eigenvalue weighted by molar-refractivity contribution is 5.92. The third-order valence-corrected chi connectivity index (χ3v) is 3.77. The number of nitrogens with two attached hydrogens (primary N) is 1. The quantitative estimate of drug-likeness (QED) is 0.501. The number of aliphatic imine (C=N–C) groups is 1. The monoisotopic (exact) mass is 364 g/mol. The van der Waals surface area contributed by atoms with Gasteiger partial charge in [-0.3, -0.25) is 0 Å². The van der Waals surface area contributed by atoms with Crippen LogP contribution in [-0.2, 0) is 6.54 Å². The molecule has 0 bridgehead atoms. The van der Waals surface area contributed by atoms with E-state index in [1.165, 1.54) is 5.56 Å². The van der Waals surface area contributed by atoms with Gasteiger partial charge in [0, 0.05) is 11.3 Å². The van der Waals surface area contributed by atoms with Crippen LogP contribution >= 0.6 is 0 Å². The number of rotatable bonds is 6. The van der Waals surface area contributed by atoms with E-state index in [0.717, 1.165) is 17.0 Å². The highest BCUT2D eigenvalue weighted by Gasteiger charge is 2.06. The summed E-state index contributed by atoms with van der Waals surface area (Å²) >= 11 is 0. The summed E-state index contributed by atoms with van der Waals surface area (Å²) in [6.45, 7) is 6.29. The summed E-state index contributed by atoms with van der Waals surface area (Å²) in [6, 6.07) is 15.6. The summed E-state index contributed by atoms with van der Waals surface area (Å²) in [5, 5.41) is 3.04. The van der Waals surface area contributed by atoms with E-state index in [4.69, 9.17) is 14.9 Å². The number of benzene rings is 2. The van der Waals surface area contributed by atoms with E-state index in [1.54, 1.807) is 6.20 Å². The van der Waals surface area contributed by atoms with E-state index < -0.39 is 0 Å². The summed E-state index contributed by atoms with van der Waals surface area (Å²) < 4.78 is 11.4. The van der Waals surface area contributed by atoms with Crippen LogP contribution in [0.5, 0.6) is 5.75 Å². The largest absolute Gasteiger partial charge is 0.491 e. The van der Waals surface area contributed by atoms with Gasteiger partial charge in [0.15, 0.2) is 11.7 Å². The van der Waals surface area contributed by atoms with Crippen molar-refractivity contribution in [1.29, 1.82) is 0 Å². The molecule has 1 aromatic heterocycles. The van der Waals surface area contributed by atoms with Crippen molar-refractivity contribution in [2.75, 3.05) is 5.32 Å². The Balaban J connectivity index is 1.58. The molecule has 0 radical (unpaired) electrons. The zero-order valence-corrected chi connectivity index (χ0v) is 15.8. The second-order valence-corrected chi connectivity index (χ2v) is 6.50. The van der Waals surface area contributed by atoms with Gasteiger partial charge in [-0.25, -0.2) is 9.98 Å². The lowest BCUT2D eigenvalue weighted by Crippen LogP contribution is -2.22. The molecule has 0 aliphatic heterocycles. The number of aromatic nitrogens is 1. The molecule has 0 saturated heterocycles. The van der Waals surface area contributed by atoms with Gasteiger partial charge in [0.25, 0.3) is 0 Å². The number of guanidine groups is 1. The predicted molar refractivity (Wildman–Crippen MR) is 108 cm³/mol. The zero-order valence-electron chi connectivity index (χ0n) is 15.8. The molecule has 6 heteroatoms. The van der Waals surface area contributed by atoms with Crippen molar-refractivity contribution in [3.8, 4) is 17.1 Å². The Morgan fingerprint density at radius 3 is 2.52 bits per heavy atom. The van der Waals surface area contributed by atoms with E-state index in [9.17, 15) is 0 Å². The van der Waals surface area contributed by atoms with E-state index in [1.807, 2.05) is 69.3 Å². The van der Waals surface area contributed by atoms with Gasteiger partial charge in [0.2, 0.25) is 5.89 Å². The molecule has 3 N–H and O–H groups in total. The molecule has 0 fully saturated rings. The topological polar surface area (TPSA) is 85.7 Å². The van der Waals surface area contributed by atoms with Crippen molar-refractivity contribution in [1.82, 2.24) is 4.98 Å². The molecule has 27 heavy (non-hydrogen) atoms. The highest BCUT2D eigenvalue weighted by Crippen LogP contribution is 2.21. The Morgan fingerprint density at radius 1 is 1.15 bits per heavy atom. The second-order valence-electron chi connectivity index (χ2n) is 6.50. The number of nitrogens with zero attached hydrogens (tertiary/aromatic N) is 2. The van der Waals surface area contributed by atoms with Crippen LogP contribution in [0.3, 0.4) is 0 Å². The Morgan fingerprint density at radius 2 is 1.85 bits per heavy atom. The molecule has 0 amide bonds. The first-order valence-corrected chi connectivity index (χ1v) is 8.85. The number of anilines is 1. The summed E-state index contributed by atoms with van der Waals surface area (Å²) in [5.74, 6) is 2.33. The number of aryl methyl sites for hydroxylation is 1. The molecule has 0 spiro atoms. The van der Waals surface area contributed by atoms with Crippen LogP contribution in [0.4, 0.5) is 5.69 Å². The average Bonchev–Trinajstić information content (AvgIpc) is 3.11. The molecule has 0 aliphatic rings. The first-order valence-electron chi connectivity index (χ1n) is 8.85. The Kier molecular flexibility index (Phi) is 5.76. The molecule has 0 atom stereocenters. The van der Waals surface area contributed by atoms with Crippen LogP contribution < -0.4 is 15.8 Å². The van der Waals surface area contributed by atoms with Crippen LogP contribution in [0.15, 0.2) is 64.1 Å². The van der Waals surface area contributed by atoms with Gasteiger partial charge in [-0.05, 0) is 45.0 Å². The van der Waals surface area contributed by atoms with Gasteiger partial charge in [-0.15, -0.1) is 0 Å². The van der Waals surface area contributed by atoms with Gasteiger partial charge in [-0.1, -0.05) is 29.8 Å². The van der Waals surface area contributed by atoms with Crippen molar-refractivity contribution in [3.05, 3.63) is 66.2 Å². The van der Waals surface area contributed by atoms with Crippen molar-refractivity contribution in [2.24, 2.45) is 10.7 Å². The summed E-state index contributed by atoms with van der Waals surface area (Å²) in [4.78, 5) is 8.54. The van der Waals surface area contributed by atoms with E-state index in [0.29, 0.717) is 17.6 Å². The van der Waals surface area contributed by atoms with Crippen molar-refractivity contribution < 1.29 is 9.15 Å². The molecular weight excluding hydrogens is 340 g/mol. The molecule has 3 aromatic rings. The molecule has 1 heterocycles. The summed E-state index contributed by atoms with van der Waals surface area (Å²) in [7, 11) is 0. The molecule has 3 rings (SSSR count). The summed E-state index contributed by atoms with van der Waals surface area (Å²) in [5.41, 5.74) is 8.96. The lowest BCUT2D eigenvalue weighted by molar-refractivity contribution is 0.242. The van der Waals surface area contributed by atoms with Gasteiger partial charge < -0.3 is 20.2 Å². The van der Waals surface area contributed by atoms with Gasteiger partial charge in [0.1, 0.15) is 12.3 Å². The molecule has 0 unspecified atom stereocenters. The number of oxazole rings is 1. The Labute approximate surface area is 159 Å². The molecule has 0 aliphatic carbocycles. The Bertz CT molecular complexity index is 897. The van der Waals surface area contributed by atoms with Crippen LogP contribution in [0, 0.1) is 6.92 Å². The smallest absolute Gasteiger partial charge is 0.216 e. The molecule has 2 aromatic carbocycles. The normalized spacial score (nSPS) is 11.6. The zero-order chi connectivity index (χ0) is 19.2. The fourth-order valence-corrected chi connectivity index (χ4v) is 2.46. The molecule has 6 nitrogen and oxygen atoms in total. The van der Waals surface area contributed by atoms with E-state index in [-0.39, 0.29) is 12.6 Å². The molecular formula is C21H24N4O2. The van der Waals surface area contributed by atoms with Crippen LogP contribution in [0.2, 0.25) is 0 Å². The highest BCUT2D eigenvalue weighted by atomic mass is 16.5. The standard InChI is InChI=1S/C21H24N4O2/c1-14(2)26-18-10-8-17(9-11-18)25-21(22)24-13-20-23-12-19(27-20)16-6-4-15(3)5-7-16/h4-12,14H,13H2,1-3H3,(H3,22,24,25). The third-order valence-electron chi connectivity index (χ3n) is 3.77. The maximum absolute atomic E-state index is 5.95. The van der Waals surface area contributed by atoms with Gasteiger partial charge in [0.05, 0.1) is 12.3 Å². The van der Waals surface area contributed by atoms with Crippen LogP contribution in [0.1, 0.15) is 25.3 Å². The SMILES string of the molecule is Cc1ccc(-c2cnc(CN=C(N)Nc3ccc(OC(C)C)cc3)o2)cc1.